The molecule has 1 atom stereocenters. The molecule has 1 aromatic heterocycles. The highest BCUT2D eigenvalue weighted by molar-refractivity contribution is 6.09. The molecular formula is C30H33N3O4. The zero-order valence-corrected chi connectivity index (χ0v) is 21.4. The number of rotatable bonds is 9. The van der Waals surface area contributed by atoms with E-state index in [9.17, 15) is 14.4 Å². The summed E-state index contributed by atoms with van der Waals surface area (Å²) < 4.78 is 5.60. The third-order valence-electron chi connectivity index (χ3n) is 6.62. The minimum Gasteiger partial charge on any atom is -0.494 e. The number of carbonyl (C=O) groups excluding carboxylic acids is 3. The number of carbonyl (C=O) groups is 3. The number of aromatic nitrogens is 1. The van der Waals surface area contributed by atoms with E-state index >= 15 is 0 Å². The molecule has 4 rings (SSSR count). The van der Waals surface area contributed by atoms with E-state index in [4.69, 9.17) is 4.74 Å². The van der Waals surface area contributed by atoms with Crippen molar-refractivity contribution in [3.63, 3.8) is 0 Å². The van der Waals surface area contributed by atoms with Crippen molar-refractivity contribution in [3.05, 3.63) is 89.7 Å². The van der Waals surface area contributed by atoms with E-state index < -0.39 is 11.9 Å². The molecule has 1 unspecified atom stereocenters. The molecule has 1 N–H and O–H groups in total. The summed E-state index contributed by atoms with van der Waals surface area (Å²) in [6.07, 6.45) is 6.70. The summed E-state index contributed by atoms with van der Waals surface area (Å²) in [6.45, 7) is 3.93. The Morgan fingerprint density at radius 2 is 1.68 bits per heavy atom. The number of anilines is 1. The van der Waals surface area contributed by atoms with Crippen LogP contribution in [0.4, 0.5) is 5.69 Å². The summed E-state index contributed by atoms with van der Waals surface area (Å²) in [5, 5.41) is 3.20. The van der Waals surface area contributed by atoms with Gasteiger partial charge in [0.1, 0.15) is 17.5 Å². The van der Waals surface area contributed by atoms with Gasteiger partial charge in [-0.15, -0.1) is 0 Å². The van der Waals surface area contributed by atoms with Gasteiger partial charge >= 0.3 is 0 Å². The molecule has 3 aromatic rings. The molecule has 192 valence electrons. The maximum Gasteiger partial charge on any atom is 0.277 e. The molecule has 1 heterocycles. The van der Waals surface area contributed by atoms with Crippen LogP contribution < -0.4 is 15.0 Å². The van der Waals surface area contributed by atoms with Crippen molar-refractivity contribution in [1.29, 1.82) is 0 Å². The third-order valence-corrected chi connectivity index (χ3v) is 6.62. The molecule has 2 aromatic carbocycles. The van der Waals surface area contributed by atoms with Gasteiger partial charge in [0.2, 0.25) is 5.91 Å². The highest BCUT2D eigenvalue weighted by atomic mass is 16.5. The summed E-state index contributed by atoms with van der Waals surface area (Å²) in [6, 6.07) is 18.2. The molecule has 7 nitrogen and oxygen atoms in total. The van der Waals surface area contributed by atoms with E-state index in [1.165, 1.54) is 18.2 Å². The van der Waals surface area contributed by atoms with Crippen LogP contribution >= 0.6 is 0 Å². The lowest BCUT2D eigenvalue weighted by atomic mass is 9.94. The van der Waals surface area contributed by atoms with E-state index in [0.29, 0.717) is 29.2 Å². The number of nitrogens with one attached hydrogen (secondary N) is 1. The number of pyridine rings is 1. The van der Waals surface area contributed by atoms with Crippen LogP contribution in [0.15, 0.2) is 72.9 Å². The minimum absolute atomic E-state index is 0.0679. The van der Waals surface area contributed by atoms with Crippen molar-refractivity contribution in [2.45, 2.75) is 58.0 Å². The Hall–Kier alpha value is -4.00. The maximum absolute atomic E-state index is 13.9. The molecule has 0 aliphatic heterocycles. The molecule has 7 heteroatoms. The van der Waals surface area contributed by atoms with Crippen molar-refractivity contribution in [1.82, 2.24) is 10.3 Å². The van der Waals surface area contributed by atoms with Gasteiger partial charge in [-0.05, 0) is 80.8 Å². The molecular weight excluding hydrogens is 466 g/mol. The number of hydrogen-bond donors (Lipinski definition) is 1. The van der Waals surface area contributed by atoms with Crippen LogP contribution in [0.3, 0.4) is 0 Å². The Kier molecular flexibility index (Phi) is 8.67. The summed E-state index contributed by atoms with van der Waals surface area (Å²) in [5.41, 5.74) is 1.90. The van der Waals surface area contributed by atoms with E-state index in [1.807, 2.05) is 31.2 Å². The second-order valence-electron chi connectivity index (χ2n) is 9.24. The van der Waals surface area contributed by atoms with Crippen LogP contribution in [-0.4, -0.2) is 35.2 Å². The highest BCUT2D eigenvalue weighted by Crippen LogP contribution is 2.32. The predicted molar refractivity (Wildman–Crippen MR) is 143 cm³/mol. The Labute approximate surface area is 217 Å². The van der Waals surface area contributed by atoms with Crippen molar-refractivity contribution in [3.8, 4) is 5.75 Å². The average molecular weight is 500 g/mol. The molecule has 0 spiro atoms. The van der Waals surface area contributed by atoms with Crippen molar-refractivity contribution in [2.24, 2.45) is 0 Å². The Bertz CT molecular complexity index is 1200. The normalized spacial score (nSPS) is 14.4. The monoisotopic (exact) mass is 499 g/mol. The van der Waals surface area contributed by atoms with E-state index in [2.05, 4.69) is 10.3 Å². The number of amides is 2. The first-order valence-electron chi connectivity index (χ1n) is 12.9. The van der Waals surface area contributed by atoms with Gasteiger partial charge in [-0.2, -0.15) is 0 Å². The molecule has 2 amide bonds. The van der Waals surface area contributed by atoms with E-state index in [0.717, 1.165) is 25.7 Å². The van der Waals surface area contributed by atoms with Crippen LogP contribution in [-0.2, 0) is 4.79 Å². The molecule has 37 heavy (non-hydrogen) atoms. The number of nitrogens with zero attached hydrogens (tertiary/aromatic N) is 2. The summed E-state index contributed by atoms with van der Waals surface area (Å²) >= 11 is 0. The van der Waals surface area contributed by atoms with Crippen LogP contribution in [0.2, 0.25) is 0 Å². The lowest BCUT2D eigenvalue weighted by Crippen LogP contribution is -2.47. The Morgan fingerprint density at radius 1 is 0.973 bits per heavy atom. The summed E-state index contributed by atoms with van der Waals surface area (Å²) in [7, 11) is 0. The van der Waals surface area contributed by atoms with Crippen molar-refractivity contribution in [2.75, 3.05) is 11.5 Å². The third kappa shape index (κ3) is 6.42. The number of ketones is 1. The zero-order valence-electron chi connectivity index (χ0n) is 21.4. The largest absolute Gasteiger partial charge is 0.494 e. The Balaban J connectivity index is 1.80. The fourth-order valence-electron chi connectivity index (χ4n) is 4.71. The molecule has 0 bridgehead atoms. The standard InChI is InChI=1S/C30H33N3O4/c1-3-37-26-18-14-23(15-19-26)28(29(35)32-24-9-5-4-6-10-24)33(30(36)27-11-7-8-20-31-27)25-16-12-22(13-17-25)21(2)34/h7-8,11-20,24,28H,3-6,9-10H2,1-2H3,(H,32,35). The molecule has 1 aliphatic carbocycles. The van der Waals surface area contributed by atoms with Gasteiger partial charge in [-0.1, -0.05) is 37.5 Å². The first-order chi connectivity index (χ1) is 18.0. The van der Waals surface area contributed by atoms with Crippen LogP contribution in [0.25, 0.3) is 0 Å². The first-order valence-corrected chi connectivity index (χ1v) is 12.9. The minimum atomic E-state index is -0.949. The van der Waals surface area contributed by atoms with Crippen LogP contribution in [0, 0.1) is 0 Å². The maximum atomic E-state index is 13.9. The second-order valence-corrected chi connectivity index (χ2v) is 9.24. The molecule has 0 radical (unpaired) electrons. The fourth-order valence-corrected chi connectivity index (χ4v) is 4.71. The lowest BCUT2D eigenvalue weighted by Gasteiger charge is -2.33. The van der Waals surface area contributed by atoms with Crippen LogP contribution in [0.1, 0.15) is 78.4 Å². The summed E-state index contributed by atoms with van der Waals surface area (Å²) in [4.78, 5) is 45.5. The zero-order chi connectivity index (χ0) is 26.2. The number of Topliss-reactive ketones (excluding diaryl/α,β-unsaturated/α-hetero) is 1. The van der Waals surface area contributed by atoms with Crippen molar-refractivity contribution >= 4 is 23.3 Å². The number of hydrogen-bond acceptors (Lipinski definition) is 5. The smallest absolute Gasteiger partial charge is 0.277 e. The molecule has 1 saturated carbocycles. The summed E-state index contributed by atoms with van der Waals surface area (Å²) in [5.74, 6) is -0.0526. The van der Waals surface area contributed by atoms with Gasteiger partial charge in [0.05, 0.1) is 6.61 Å². The first kappa shape index (κ1) is 26.1. The van der Waals surface area contributed by atoms with Gasteiger partial charge in [0.15, 0.2) is 5.78 Å². The van der Waals surface area contributed by atoms with Crippen molar-refractivity contribution < 1.29 is 19.1 Å². The lowest BCUT2D eigenvalue weighted by molar-refractivity contribution is -0.123. The Morgan fingerprint density at radius 3 is 2.27 bits per heavy atom. The SMILES string of the molecule is CCOc1ccc(C(C(=O)NC2CCCCC2)N(C(=O)c2ccccn2)c2ccc(C(C)=O)cc2)cc1. The van der Waals surface area contributed by atoms with E-state index in [1.54, 1.807) is 48.7 Å². The number of ether oxygens (including phenoxy) is 1. The van der Waals surface area contributed by atoms with Gasteiger partial charge in [0.25, 0.3) is 5.91 Å². The molecule has 1 fully saturated rings. The second kappa shape index (κ2) is 12.3. The quantitative estimate of drug-likeness (QED) is 0.392. The van der Waals surface area contributed by atoms with Gasteiger partial charge in [-0.25, -0.2) is 0 Å². The fraction of sp³-hybridized carbons (Fsp3) is 0.333. The van der Waals surface area contributed by atoms with Gasteiger partial charge < -0.3 is 10.1 Å². The predicted octanol–water partition coefficient (Wildman–Crippen LogP) is 5.52. The topological polar surface area (TPSA) is 88.6 Å². The molecule has 1 aliphatic rings. The highest BCUT2D eigenvalue weighted by Gasteiger charge is 2.35. The average Bonchev–Trinajstić information content (AvgIpc) is 2.93. The van der Waals surface area contributed by atoms with Gasteiger partial charge in [-0.3, -0.25) is 24.3 Å². The van der Waals surface area contributed by atoms with Crippen LogP contribution in [0.5, 0.6) is 5.75 Å². The van der Waals surface area contributed by atoms with Gasteiger partial charge in [0, 0.05) is 23.5 Å². The molecule has 0 saturated heterocycles. The number of benzene rings is 2. The van der Waals surface area contributed by atoms with E-state index in [-0.39, 0.29) is 23.4 Å².